The molecule has 3 rings (SSSR count). The smallest absolute Gasteiger partial charge is 0.254 e. The van der Waals surface area contributed by atoms with E-state index in [0.717, 1.165) is 6.42 Å². The summed E-state index contributed by atoms with van der Waals surface area (Å²) in [6, 6.07) is 4.83. The number of amides is 1. The van der Waals surface area contributed by atoms with Gasteiger partial charge in [-0.1, -0.05) is 11.6 Å². The third-order valence-electron chi connectivity index (χ3n) is 4.34. The highest BCUT2D eigenvalue weighted by molar-refractivity contribution is 7.92. The molecule has 2 heterocycles. The van der Waals surface area contributed by atoms with Gasteiger partial charge in [0, 0.05) is 25.2 Å². The average molecular weight is 373 g/mol. The number of hydrogen-bond donors (Lipinski definition) is 0. The summed E-state index contributed by atoms with van der Waals surface area (Å²) in [6.07, 6.45) is 1.44. The molecule has 6 nitrogen and oxygen atoms in total. The minimum absolute atomic E-state index is 0.00283. The van der Waals surface area contributed by atoms with E-state index in [0.29, 0.717) is 48.9 Å². The van der Waals surface area contributed by atoms with Crippen LogP contribution in [-0.2, 0) is 14.8 Å². The van der Waals surface area contributed by atoms with Gasteiger partial charge in [-0.2, -0.15) is 0 Å². The summed E-state index contributed by atoms with van der Waals surface area (Å²) in [4.78, 5) is 14.4. The van der Waals surface area contributed by atoms with E-state index in [1.807, 2.05) is 6.92 Å². The van der Waals surface area contributed by atoms with E-state index in [4.69, 9.17) is 16.3 Å². The monoisotopic (exact) mass is 372 g/mol. The van der Waals surface area contributed by atoms with E-state index in [1.54, 1.807) is 23.1 Å². The van der Waals surface area contributed by atoms with Crippen molar-refractivity contribution in [2.24, 2.45) is 0 Å². The van der Waals surface area contributed by atoms with Crippen LogP contribution >= 0.6 is 11.6 Å². The number of rotatable bonds is 2. The molecule has 0 aliphatic carbocycles. The van der Waals surface area contributed by atoms with Crippen LogP contribution in [0.5, 0.6) is 0 Å². The van der Waals surface area contributed by atoms with E-state index < -0.39 is 10.0 Å². The SMILES string of the molecule is CC1CN(C(=O)c2ccc(Cl)c(N3CCCCS3(=O)=O)c2)CCO1. The second kappa shape index (κ2) is 6.90. The normalized spacial score (nSPS) is 24.0. The molecule has 0 radical (unpaired) electrons. The van der Waals surface area contributed by atoms with E-state index in [9.17, 15) is 13.2 Å². The molecule has 1 aromatic rings. The second-order valence-corrected chi connectivity index (χ2v) is 8.61. The molecule has 1 amide bonds. The molecule has 132 valence electrons. The van der Waals surface area contributed by atoms with Crippen molar-refractivity contribution in [3.05, 3.63) is 28.8 Å². The number of halogens is 1. The van der Waals surface area contributed by atoms with Crippen molar-refractivity contribution in [1.82, 2.24) is 4.90 Å². The van der Waals surface area contributed by atoms with Crippen LogP contribution in [0.4, 0.5) is 5.69 Å². The maximum Gasteiger partial charge on any atom is 0.254 e. The van der Waals surface area contributed by atoms with Crippen molar-refractivity contribution >= 4 is 33.2 Å². The molecule has 24 heavy (non-hydrogen) atoms. The molecule has 2 fully saturated rings. The summed E-state index contributed by atoms with van der Waals surface area (Å²) in [5, 5.41) is 0.340. The van der Waals surface area contributed by atoms with Crippen molar-refractivity contribution in [3.63, 3.8) is 0 Å². The van der Waals surface area contributed by atoms with Crippen LogP contribution in [0.3, 0.4) is 0 Å². The first-order valence-corrected chi connectivity index (χ1v) is 10.1. The molecule has 0 spiro atoms. The van der Waals surface area contributed by atoms with Gasteiger partial charge in [0.15, 0.2) is 0 Å². The number of sulfonamides is 1. The first kappa shape index (κ1) is 17.5. The van der Waals surface area contributed by atoms with Crippen LogP contribution in [0, 0.1) is 0 Å². The Kier molecular flexibility index (Phi) is 5.03. The molecule has 2 saturated heterocycles. The Morgan fingerprint density at radius 1 is 1.29 bits per heavy atom. The molecular formula is C16H21ClN2O4S. The first-order chi connectivity index (χ1) is 11.4. The average Bonchev–Trinajstić information content (AvgIpc) is 2.55. The highest BCUT2D eigenvalue weighted by Gasteiger charge is 2.29. The van der Waals surface area contributed by atoms with Gasteiger partial charge in [-0.05, 0) is 38.0 Å². The quantitative estimate of drug-likeness (QED) is 0.797. The number of benzene rings is 1. The summed E-state index contributed by atoms with van der Waals surface area (Å²) in [6.45, 7) is 3.89. The van der Waals surface area contributed by atoms with Gasteiger partial charge in [0.1, 0.15) is 0 Å². The zero-order valence-corrected chi connectivity index (χ0v) is 15.1. The molecule has 1 unspecified atom stereocenters. The number of carbonyl (C=O) groups excluding carboxylic acids is 1. The highest BCUT2D eigenvalue weighted by Crippen LogP contribution is 2.32. The minimum Gasteiger partial charge on any atom is -0.375 e. The van der Waals surface area contributed by atoms with Crippen LogP contribution in [0.1, 0.15) is 30.1 Å². The zero-order chi connectivity index (χ0) is 17.3. The molecule has 8 heteroatoms. The number of ether oxygens (including phenoxy) is 1. The largest absolute Gasteiger partial charge is 0.375 e. The number of carbonyl (C=O) groups is 1. The summed E-state index contributed by atoms with van der Waals surface area (Å²) in [5.41, 5.74) is 0.841. The maximum absolute atomic E-state index is 12.7. The lowest BCUT2D eigenvalue weighted by Crippen LogP contribution is -2.44. The Labute approximate surface area is 147 Å². The molecule has 2 aliphatic heterocycles. The van der Waals surface area contributed by atoms with Gasteiger partial charge in [-0.15, -0.1) is 0 Å². The number of morpholine rings is 1. The summed E-state index contributed by atoms with van der Waals surface area (Å²) in [7, 11) is -3.37. The molecule has 2 aliphatic rings. The fraction of sp³-hybridized carbons (Fsp3) is 0.562. The lowest BCUT2D eigenvalue weighted by molar-refractivity contribution is -0.0124. The Balaban J connectivity index is 1.90. The van der Waals surface area contributed by atoms with Crippen molar-refractivity contribution < 1.29 is 17.9 Å². The molecule has 0 aromatic heterocycles. The Hall–Kier alpha value is -1.31. The van der Waals surface area contributed by atoms with Crippen molar-refractivity contribution in [2.75, 3.05) is 36.3 Å². The van der Waals surface area contributed by atoms with Crippen molar-refractivity contribution in [1.29, 1.82) is 0 Å². The van der Waals surface area contributed by atoms with Gasteiger partial charge in [-0.3, -0.25) is 9.10 Å². The summed E-state index contributed by atoms with van der Waals surface area (Å²) in [5.74, 6) is -0.0138. The number of nitrogens with zero attached hydrogens (tertiary/aromatic N) is 2. The molecule has 1 aromatic carbocycles. The second-order valence-electron chi connectivity index (χ2n) is 6.19. The molecule has 1 atom stereocenters. The highest BCUT2D eigenvalue weighted by atomic mass is 35.5. The Morgan fingerprint density at radius 3 is 2.79 bits per heavy atom. The Morgan fingerprint density at radius 2 is 2.08 bits per heavy atom. The van der Waals surface area contributed by atoms with Gasteiger partial charge >= 0.3 is 0 Å². The third-order valence-corrected chi connectivity index (χ3v) is 6.51. The van der Waals surface area contributed by atoms with Crippen LogP contribution in [0.15, 0.2) is 18.2 Å². The third kappa shape index (κ3) is 3.53. The van der Waals surface area contributed by atoms with Gasteiger partial charge < -0.3 is 9.64 Å². The van der Waals surface area contributed by atoms with Crippen LogP contribution in [0.2, 0.25) is 5.02 Å². The van der Waals surface area contributed by atoms with Gasteiger partial charge in [-0.25, -0.2) is 8.42 Å². The lowest BCUT2D eigenvalue weighted by Gasteiger charge is -2.32. The topological polar surface area (TPSA) is 66.9 Å². The zero-order valence-electron chi connectivity index (χ0n) is 13.6. The van der Waals surface area contributed by atoms with E-state index in [2.05, 4.69) is 0 Å². The van der Waals surface area contributed by atoms with Gasteiger partial charge in [0.25, 0.3) is 5.91 Å². The molecule has 0 bridgehead atoms. The van der Waals surface area contributed by atoms with Crippen molar-refractivity contribution in [3.8, 4) is 0 Å². The summed E-state index contributed by atoms with van der Waals surface area (Å²) >= 11 is 6.22. The molecular weight excluding hydrogens is 352 g/mol. The predicted octanol–water partition coefficient (Wildman–Crippen LogP) is 2.13. The fourth-order valence-electron chi connectivity index (χ4n) is 3.08. The predicted molar refractivity (Wildman–Crippen MR) is 93.1 cm³/mol. The van der Waals surface area contributed by atoms with Gasteiger partial charge in [0.05, 0.1) is 29.2 Å². The van der Waals surface area contributed by atoms with Crippen LogP contribution in [-0.4, -0.2) is 57.3 Å². The van der Waals surface area contributed by atoms with E-state index in [-0.39, 0.29) is 17.8 Å². The van der Waals surface area contributed by atoms with E-state index >= 15 is 0 Å². The van der Waals surface area contributed by atoms with E-state index in [1.165, 1.54) is 4.31 Å². The Bertz CT molecular complexity index is 738. The first-order valence-electron chi connectivity index (χ1n) is 8.09. The summed E-state index contributed by atoms with van der Waals surface area (Å²) < 4.78 is 31.4. The number of anilines is 1. The maximum atomic E-state index is 12.7. The molecule has 0 saturated carbocycles. The standard InChI is InChI=1S/C16H21ClN2O4S/c1-12-11-18(7-8-23-12)16(20)13-4-5-14(17)15(10-13)19-6-2-3-9-24(19,21)22/h4-5,10,12H,2-3,6-9,11H2,1H3. The van der Waals surface area contributed by atoms with Crippen LogP contribution in [0.25, 0.3) is 0 Å². The lowest BCUT2D eigenvalue weighted by atomic mass is 10.1. The van der Waals surface area contributed by atoms with Crippen LogP contribution < -0.4 is 4.31 Å². The number of hydrogen-bond acceptors (Lipinski definition) is 4. The van der Waals surface area contributed by atoms with Gasteiger partial charge in [0.2, 0.25) is 10.0 Å². The fourth-order valence-corrected chi connectivity index (χ4v) is 5.00. The van der Waals surface area contributed by atoms with Crippen molar-refractivity contribution in [2.45, 2.75) is 25.9 Å². The molecule has 0 N–H and O–H groups in total. The minimum atomic E-state index is -3.37.